The van der Waals surface area contributed by atoms with Gasteiger partial charge in [-0.2, -0.15) is 0 Å². The second-order valence-corrected chi connectivity index (χ2v) is 3.80. The van der Waals surface area contributed by atoms with Crippen LogP contribution < -0.4 is 0 Å². The Bertz CT molecular complexity index is 122. The molecule has 0 aromatic carbocycles. The van der Waals surface area contributed by atoms with Gasteiger partial charge in [-0.1, -0.05) is 0 Å². The van der Waals surface area contributed by atoms with Crippen molar-refractivity contribution in [1.29, 1.82) is 0 Å². The highest BCUT2D eigenvalue weighted by Crippen LogP contribution is 2.09. The minimum absolute atomic E-state index is 0.657. The third-order valence-corrected chi connectivity index (χ3v) is 2.43. The Hall–Kier alpha value is -0.120. The van der Waals surface area contributed by atoms with E-state index < -0.39 is 0 Å². The molecule has 1 aliphatic heterocycles. The van der Waals surface area contributed by atoms with Crippen molar-refractivity contribution in [1.82, 2.24) is 9.80 Å². The van der Waals surface area contributed by atoms with Crippen LogP contribution in [0.25, 0.3) is 0 Å². The van der Waals surface area contributed by atoms with Crippen LogP contribution in [0.2, 0.25) is 0 Å². The normalized spacial score (nSPS) is 24.2. The van der Waals surface area contributed by atoms with Crippen molar-refractivity contribution >= 4 is 0 Å². The predicted octanol–water partition coefficient (Wildman–Crippen LogP) is 0.269. The van der Waals surface area contributed by atoms with Gasteiger partial charge in [0.1, 0.15) is 0 Å². The lowest BCUT2D eigenvalue weighted by Gasteiger charge is -2.24. The van der Waals surface area contributed by atoms with Crippen LogP contribution in [0.3, 0.4) is 0 Å². The molecule has 1 atom stereocenters. The Labute approximate surface area is 75.3 Å². The molecule has 0 amide bonds. The molecule has 0 radical (unpaired) electrons. The number of ether oxygens (including phenoxy) is 1. The number of hydrogen-bond donors (Lipinski definition) is 0. The zero-order chi connectivity index (χ0) is 8.97. The van der Waals surface area contributed by atoms with Crippen LogP contribution in [0.1, 0.15) is 6.42 Å². The first kappa shape index (κ1) is 9.96. The van der Waals surface area contributed by atoms with E-state index >= 15 is 0 Å². The summed E-state index contributed by atoms with van der Waals surface area (Å²) in [4.78, 5) is 4.61. The van der Waals surface area contributed by atoms with Crippen LogP contribution in [-0.2, 0) is 4.74 Å². The molecule has 0 saturated carbocycles. The van der Waals surface area contributed by atoms with Gasteiger partial charge in [-0.3, -0.25) is 4.90 Å². The molecule has 0 bridgehead atoms. The van der Waals surface area contributed by atoms with Gasteiger partial charge in [0.05, 0.1) is 6.61 Å². The Morgan fingerprint density at radius 1 is 1.25 bits per heavy atom. The summed E-state index contributed by atoms with van der Waals surface area (Å²) < 4.78 is 5.33. The Kier molecular flexibility index (Phi) is 3.98. The summed E-state index contributed by atoms with van der Waals surface area (Å²) in [5.41, 5.74) is 0. The largest absolute Gasteiger partial charge is 0.380 e. The standard InChI is InChI=1S/C9H20N2O/c1-10(2)5-6-11(3)9-4-7-12-8-9/h9H,4-8H2,1-3H3. The molecule has 0 spiro atoms. The van der Waals surface area contributed by atoms with Gasteiger partial charge in [0.2, 0.25) is 0 Å². The fraction of sp³-hybridized carbons (Fsp3) is 1.00. The Morgan fingerprint density at radius 3 is 2.50 bits per heavy atom. The summed E-state index contributed by atoms with van der Waals surface area (Å²) in [5.74, 6) is 0. The van der Waals surface area contributed by atoms with Crippen LogP contribution >= 0.6 is 0 Å². The van der Waals surface area contributed by atoms with E-state index in [1.165, 1.54) is 6.42 Å². The van der Waals surface area contributed by atoms with E-state index in [1.807, 2.05) is 0 Å². The summed E-state index contributed by atoms with van der Waals surface area (Å²) in [5, 5.41) is 0. The van der Waals surface area contributed by atoms with Crippen molar-refractivity contribution in [2.45, 2.75) is 12.5 Å². The van der Waals surface area contributed by atoms with Crippen molar-refractivity contribution in [3.05, 3.63) is 0 Å². The molecule has 1 rings (SSSR count). The first-order valence-electron chi connectivity index (χ1n) is 4.63. The van der Waals surface area contributed by atoms with Gasteiger partial charge in [-0.25, -0.2) is 0 Å². The summed E-state index contributed by atoms with van der Waals surface area (Å²) in [7, 11) is 6.40. The average molecular weight is 172 g/mol. The molecule has 1 aliphatic rings. The lowest BCUT2D eigenvalue weighted by molar-refractivity contribution is 0.154. The summed E-state index contributed by atoms with van der Waals surface area (Å²) in [6.07, 6.45) is 1.20. The minimum atomic E-state index is 0.657. The van der Waals surface area contributed by atoms with Gasteiger partial charge in [-0.15, -0.1) is 0 Å². The van der Waals surface area contributed by atoms with Gasteiger partial charge in [0, 0.05) is 25.7 Å². The van der Waals surface area contributed by atoms with E-state index in [1.54, 1.807) is 0 Å². The molecule has 0 aromatic rings. The quantitative estimate of drug-likeness (QED) is 0.605. The van der Waals surface area contributed by atoms with E-state index in [2.05, 4.69) is 30.9 Å². The van der Waals surface area contributed by atoms with Crippen molar-refractivity contribution in [3.8, 4) is 0 Å². The van der Waals surface area contributed by atoms with Gasteiger partial charge in [-0.05, 0) is 27.6 Å². The maximum Gasteiger partial charge on any atom is 0.0622 e. The summed E-state index contributed by atoms with van der Waals surface area (Å²) in [6.45, 7) is 4.13. The molecule has 12 heavy (non-hydrogen) atoms. The molecule has 1 unspecified atom stereocenters. The van der Waals surface area contributed by atoms with Gasteiger partial charge in [0.15, 0.2) is 0 Å². The van der Waals surface area contributed by atoms with Crippen molar-refractivity contribution in [2.24, 2.45) is 0 Å². The van der Waals surface area contributed by atoms with E-state index in [4.69, 9.17) is 4.74 Å². The zero-order valence-electron chi connectivity index (χ0n) is 8.42. The van der Waals surface area contributed by atoms with Crippen LogP contribution in [0.15, 0.2) is 0 Å². The van der Waals surface area contributed by atoms with Gasteiger partial charge < -0.3 is 9.64 Å². The molecule has 1 heterocycles. The molecule has 0 aromatic heterocycles. The number of rotatable bonds is 4. The van der Waals surface area contributed by atoms with Crippen LogP contribution in [0.5, 0.6) is 0 Å². The van der Waals surface area contributed by atoms with Crippen LogP contribution in [0.4, 0.5) is 0 Å². The third kappa shape index (κ3) is 3.09. The van der Waals surface area contributed by atoms with E-state index in [0.717, 1.165) is 26.3 Å². The highest BCUT2D eigenvalue weighted by Gasteiger charge is 2.19. The zero-order valence-corrected chi connectivity index (χ0v) is 8.42. The minimum Gasteiger partial charge on any atom is -0.380 e. The Morgan fingerprint density at radius 2 is 2.00 bits per heavy atom. The molecular weight excluding hydrogens is 152 g/mol. The third-order valence-electron chi connectivity index (χ3n) is 2.43. The monoisotopic (exact) mass is 172 g/mol. The van der Waals surface area contributed by atoms with Crippen molar-refractivity contribution in [2.75, 3.05) is 47.4 Å². The lowest BCUT2D eigenvalue weighted by atomic mass is 10.2. The molecule has 1 saturated heterocycles. The fourth-order valence-corrected chi connectivity index (χ4v) is 1.41. The van der Waals surface area contributed by atoms with Crippen molar-refractivity contribution < 1.29 is 4.74 Å². The first-order chi connectivity index (χ1) is 5.70. The topological polar surface area (TPSA) is 15.7 Å². The molecule has 0 aliphatic carbocycles. The molecule has 3 nitrogen and oxygen atoms in total. The van der Waals surface area contributed by atoms with Crippen molar-refractivity contribution in [3.63, 3.8) is 0 Å². The number of hydrogen-bond acceptors (Lipinski definition) is 3. The first-order valence-corrected chi connectivity index (χ1v) is 4.63. The SMILES string of the molecule is CN(C)CCN(C)C1CCOC1. The van der Waals surface area contributed by atoms with Crippen LogP contribution in [0, 0.1) is 0 Å². The molecule has 1 fully saturated rings. The smallest absolute Gasteiger partial charge is 0.0622 e. The highest BCUT2D eigenvalue weighted by molar-refractivity contribution is 4.73. The Balaban J connectivity index is 2.13. The highest BCUT2D eigenvalue weighted by atomic mass is 16.5. The summed E-state index contributed by atoms with van der Waals surface area (Å²) in [6, 6.07) is 0.657. The van der Waals surface area contributed by atoms with Crippen LogP contribution in [-0.4, -0.2) is 63.3 Å². The summed E-state index contributed by atoms with van der Waals surface area (Å²) >= 11 is 0. The molecule has 72 valence electrons. The maximum absolute atomic E-state index is 5.33. The van der Waals surface area contributed by atoms with Gasteiger partial charge >= 0.3 is 0 Å². The second-order valence-electron chi connectivity index (χ2n) is 3.80. The fourth-order valence-electron chi connectivity index (χ4n) is 1.41. The molecular formula is C9H20N2O. The molecule has 0 N–H and O–H groups in total. The van der Waals surface area contributed by atoms with Gasteiger partial charge in [0.25, 0.3) is 0 Å². The number of likely N-dealkylation sites (N-methyl/N-ethyl adjacent to an activating group) is 2. The van der Waals surface area contributed by atoms with E-state index in [9.17, 15) is 0 Å². The van der Waals surface area contributed by atoms with E-state index in [0.29, 0.717) is 6.04 Å². The number of nitrogens with zero attached hydrogens (tertiary/aromatic N) is 2. The van der Waals surface area contributed by atoms with E-state index in [-0.39, 0.29) is 0 Å². The predicted molar refractivity (Wildman–Crippen MR) is 50.4 cm³/mol. The molecule has 3 heteroatoms. The maximum atomic E-state index is 5.33. The average Bonchev–Trinajstić information content (AvgIpc) is 2.51. The lowest BCUT2D eigenvalue weighted by Crippen LogP contribution is -2.36. The second kappa shape index (κ2) is 4.80.